The average molecular weight is 336 g/mol. The molecule has 1 N–H and O–H groups in total. The first-order valence-electron chi connectivity index (χ1n) is 8.34. The van der Waals surface area contributed by atoms with Crippen molar-refractivity contribution in [2.24, 2.45) is 0 Å². The minimum absolute atomic E-state index is 0.184. The van der Waals surface area contributed by atoms with Crippen molar-refractivity contribution in [3.63, 3.8) is 0 Å². The Hall–Kier alpha value is -3.09. The first-order valence-corrected chi connectivity index (χ1v) is 8.34. The Bertz CT molecular complexity index is 978. The van der Waals surface area contributed by atoms with Crippen LogP contribution in [0.4, 0.5) is 5.69 Å². The summed E-state index contributed by atoms with van der Waals surface area (Å²) < 4.78 is 12.6. The van der Waals surface area contributed by atoms with Crippen LogP contribution in [0.2, 0.25) is 0 Å². The van der Waals surface area contributed by atoms with Gasteiger partial charge in [0.25, 0.3) is 5.91 Å². The summed E-state index contributed by atoms with van der Waals surface area (Å²) in [6.45, 7) is 0.184. The number of carbonyl (C=O) groups excluding carboxylic acids is 1. The van der Waals surface area contributed by atoms with Crippen LogP contribution in [-0.2, 0) is 0 Å². The minimum Gasteiger partial charge on any atom is -0.454 e. The highest BCUT2D eigenvalue weighted by atomic mass is 16.7. The van der Waals surface area contributed by atoms with Crippen molar-refractivity contribution < 1.29 is 14.3 Å². The number of ether oxygens (including phenoxy) is 2. The molecular weight excluding hydrogens is 320 g/mol. The molecule has 1 saturated carbocycles. The first-order chi connectivity index (χ1) is 12.3. The highest BCUT2D eigenvalue weighted by Crippen LogP contribution is 2.36. The first kappa shape index (κ1) is 14.3. The maximum Gasteiger partial charge on any atom is 0.255 e. The number of hydrogen-bond donors (Lipinski definition) is 1. The number of fused-ring (bicyclic) bond motifs is 2. The zero-order valence-electron chi connectivity index (χ0n) is 13.4. The molecule has 7 heteroatoms. The monoisotopic (exact) mass is 336 g/mol. The van der Waals surface area contributed by atoms with Crippen molar-refractivity contribution in [1.29, 1.82) is 0 Å². The van der Waals surface area contributed by atoms with Gasteiger partial charge in [-0.3, -0.25) is 9.20 Å². The van der Waals surface area contributed by atoms with Crippen LogP contribution in [0.15, 0.2) is 36.5 Å². The summed E-state index contributed by atoms with van der Waals surface area (Å²) >= 11 is 0. The van der Waals surface area contributed by atoms with E-state index in [1.165, 1.54) is 6.42 Å². The Balaban J connectivity index is 1.45. The van der Waals surface area contributed by atoms with E-state index in [1.807, 2.05) is 22.7 Å². The zero-order chi connectivity index (χ0) is 16.8. The fourth-order valence-corrected chi connectivity index (χ4v) is 3.21. The van der Waals surface area contributed by atoms with Gasteiger partial charge in [0, 0.05) is 17.7 Å². The van der Waals surface area contributed by atoms with Gasteiger partial charge < -0.3 is 14.8 Å². The molecule has 0 bridgehead atoms. The van der Waals surface area contributed by atoms with Gasteiger partial charge in [-0.15, -0.1) is 10.2 Å². The van der Waals surface area contributed by atoms with Gasteiger partial charge in [0.1, 0.15) is 5.82 Å². The number of pyridine rings is 1. The van der Waals surface area contributed by atoms with Gasteiger partial charge in [0.05, 0.1) is 5.69 Å². The normalized spacial score (nSPS) is 16.0. The molecule has 126 valence electrons. The molecule has 0 saturated heterocycles. The summed E-state index contributed by atoms with van der Waals surface area (Å²) in [5.41, 5.74) is 1.81. The quantitative estimate of drug-likeness (QED) is 0.795. The Morgan fingerprint density at radius 1 is 1.16 bits per heavy atom. The molecule has 5 rings (SSSR count). The average Bonchev–Trinajstić information content (AvgIpc) is 3.20. The largest absolute Gasteiger partial charge is 0.454 e. The van der Waals surface area contributed by atoms with Crippen LogP contribution in [0.3, 0.4) is 0 Å². The molecule has 3 aromatic rings. The fourth-order valence-electron chi connectivity index (χ4n) is 3.21. The SMILES string of the molecule is O=C(Nc1cccn2c(C3CCC3)nnc12)c1ccc2c(c1)OCO2. The van der Waals surface area contributed by atoms with Crippen LogP contribution >= 0.6 is 0 Å². The summed E-state index contributed by atoms with van der Waals surface area (Å²) in [7, 11) is 0. The molecule has 1 aromatic carbocycles. The number of nitrogens with one attached hydrogen (secondary N) is 1. The van der Waals surface area contributed by atoms with Gasteiger partial charge in [0.15, 0.2) is 17.1 Å². The Morgan fingerprint density at radius 3 is 2.88 bits per heavy atom. The molecule has 0 spiro atoms. The van der Waals surface area contributed by atoms with Gasteiger partial charge in [-0.05, 0) is 43.2 Å². The van der Waals surface area contributed by atoms with E-state index in [-0.39, 0.29) is 12.7 Å². The van der Waals surface area contributed by atoms with Crippen LogP contribution < -0.4 is 14.8 Å². The van der Waals surface area contributed by atoms with E-state index in [9.17, 15) is 4.79 Å². The second-order valence-electron chi connectivity index (χ2n) is 6.32. The molecule has 1 amide bonds. The molecule has 2 aromatic heterocycles. The Morgan fingerprint density at radius 2 is 2.04 bits per heavy atom. The van der Waals surface area contributed by atoms with E-state index < -0.39 is 0 Å². The van der Waals surface area contributed by atoms with Gasteiger partial charge in [0.2, 0.25) is 6.79 Å². The molecule has 7 nitrogen and oxygen atoms in total. The maximum absolute atomic E-state index is 12.6. The number of carbonyl (C=O) groups is 1. The van der Waals surface area contributed by atoms with Crippen molar-refractivity contribution in [1.82, 2.24) is 14.6 Å². The molecule has 2 aliphatic rings. The lowest BCUT2D eigenvalue weighted by molar-refractivity contribution is 0.102. The zero-order valence-corrected chi connectivity index (χ0v) is 13.4. The van der Waals surface area contributed by atoms with Crippen LogP contribution in [0.25, 0.3) is 5.65 Å². The number of nitrogens with zero attached hydrogens (tertiary/aromatic N) is 3. The van der Waals surface area contributed by atoms with Crippen molar-refractivity contribution in [2.75, 3.05) is 12.1 Å². The molecule has 0 radical (unpaired) electrons. The summed E-state index contributed by atoms with van der Waals surface area (Å²) in [5.74, 6) is 2.46. The lowest BCUT2D eigenvalue weighted by Crippen LogP contribution is -2.14. The summed E-state index contributed by atoms with van der Waals surface area (Å²) in [4.78, 5) is 12.6. The summed E-state index contributed by atoms with van der Waals surface area (Å²) in [5, 5.41) is 11.5. The smallest absolute Gasteiger partial charge is 0.255 e. The van der Waals surface area contributed by atoms with E-state index in [4.69, 9.17) is 9.47 Å². The van der Waals surface area contributed by atoms with E-state index in [1.54, 1.807) is 18.2 Å². The molecule has 1 fully saturated rings. The third-order valence-electron chi connectivity index (χ3n) is 4.81. The number of anilines is 1. The number of benzene rings is 1. The van der Waals surface area contributed by atoms with Gasteiger partial charge in [-0.2, -0.15) is 0 Å². The predicted octanol–water partition coefficient (Wildman–Crippen LogP) is 2.98. The minimum atomic E-state index is -0.223. The lowest BCUT2D eigenvalue weighted by Gasteiger charge is -2.23. The topological polar surface area (TPSA) is 77.8 Å². The predicted molar refractivity (Wildman–Crippen MR) is 90.1 cm³/mol. The molecule has 0 atom stereocenters. The van der Waals surface area contributed by atoms with Crippen LogP contribution in [0.5, 0.6) is 11.5 Å². The molecule has 3 heterocycles. The van der Waals surface area contributed by atoms with Gasteiger partial charge >= 0.3 is 0 Å². The highest BCUT2D eigenvalue weighted by Gasteiger charge is 2.25. The standard InChI is InChI=1S/C18H16N4O3/c23-18(12-6-7-14-15(9-12)25-10-24-14)19-13-5-2-8-22-16(11-3-1-4-11)20-21-17(13)22/h2,5-9,11H,1,3-4,10H2,(H,19,23). The number of amides is 1. The van der Waals surface area contributed by atoms with Crippen molar-refractivity contribution in [3.8, 4) is 11.5 Å². The van der Waals surface area contributed by atoms with Crippen molar-refractivity contribution >= 4 is 17.2 Å². The summed E-state index contributed by atoms with van der Waals surface area (Å²) in [6.07, 6.45) is 5.47. The maximum atomic E-state index is 12.6. The van der Waals surface area contributed by atoms with Crippen molar-refractivity contribution in [2.45, 2.75) is 25.2 Å². The van der Waals surface area contributed by atoms with E-state index in [0.717, 1.165) is 18.7 Å². The van der Waals surface area contributed by atoms with Gasteiger partial charge in [-0.1, -0.05) is 6.42 Å². The van der Waals surface area contributed by atoms with Gasteiger partial charge in [-0.25, -0.2) is 0 Å². The third-order valence-corrected chi connectivity index (χ3v) is 4.81. The second kappa shape index (κ2) is 5.47. The Labute approximate surface area is 143 Å². The van der Waals surface area contributed by atoms with Crippen LogP contribution in [-0.4, -0.2) is 27.3 Å². The molecule has 0 unspecified atom stereocenters. The second-order valence-corrected chi connectivity index (χ2v) is 6.32. The highest BCUT2D eigenvalue weighted by molar-refractivity contribution is 6.06. The fraction of sp³-hybridized carbons (Fsp3) is 0.278. The van der Waals surface area contributed by atoms with Crippen LogP contribution in [0.1, 0.15) is 41.4 Å². The van der Waals surface area contributed by atoms with E-state index >= 15 is 0 Å². The Kier molecular flexibility index (Phi) is 3.12. The van der Waals surface area contributed by atoms with E-state index in [0.29, 0.717) is 34.3 Å². The number of aromatic nitrogens is 3. The van der Waals surface area contributed by atoms with Crippen LogP contribution in [0, 0.1) is 0 Å². The molecule has 25 heavy (non-hydrogen) atoms. The molecular formula is C18H16N4O3. The molecule has 1 aliphatic heterocycles. The lowest BCUT2D eigenvalue weighted by atomic mass is 9.85. The third kappa shape index (κ3) is 2.31. The van der Waals surface area contributed by atoms with Crippen molar-refractivity contribution in [3.05, 3.63) is 47.9 Å². The van der Waals surface area contributed by atoms with E-state index in [2.05, 4.69) is 15.5 Å². The summed E-state index contributed by atoms with van der Waals surface area (Å²) in [6, 6.07) is 8.87. The number of rotatable bonds is 3. The molecule has 1 aliphatic carbocycles. The number of hydrogen-bond acceptors (Lipinski definition) is 5.